The zero-order valence-electron chi connectivity index (χ0n) is 12.0. The van der Waals surface area contributed by atoms with Gasteiger partial charge in [0.1, 0.15) is 12.0 Å². The third-order valence-corrected chi connectivity index (χ3v) is 3.84. The molecule has 0 aromatic carbocycles. The van der Waals surface area contributed by atoms with Gasteiger partial charge in [-0.15, -0.1) is 0 Å². The Morgan fingerprint density at radius 2 is 2.29 bits per heavy atom. The van der Waals surface area contributed by atoms with E-state index >= 15 is 0 Å². The van der Waals surface area contributed by atoms with Gasteiger partial charge in [0.05, 0.1) is 11.1 Å². The molecule has 0 saturated heterocycles. The second-order valence-electron chi connectivity index (χ2n) is 5.65. The van der Waals surface area contributed by atoms with Gasteiger partial charge in [0.2, 0.25) is 0 Å². The van der Waals surface area contributed by atoms with E-state index in [1.54, 1.807) is 13.0 Å². The van der Waals surface area contributed by atoms with Crippen molar-refractivity contribution in [2.75, 3.05) is 11.4 Å². The number of pyridine rings is 1. The summed E-state index contributed by atoms with van der Waals surface area (Å²) in [5.74, 6) is 1.24. The van der Waals surface area contributed by atoms with E-state index in [2.05, 4.69) is 27.0 Å². The molecular formula is C14H17N5O2. The van der Waals surface area contributed by atoms with E-state index in [0.29, 0.717) is 11.5 Å². The number of aromatic amines is 1. The van der Waals surface area contributed by atoms with Gasteiger partial charge >= 0.3 is 0 Å². The number of fused-ring (bicyclic) bond motifs is 1. The second-order valence-corrected chi connectivity index (χ2v) is 5.65. The number of hydrogen-bond acceptors (Lipinski definition) is 5. The first-order valence-electron chi connectivity index (χ1n) is 6.91. The maximum absolute atomic E-state index is 10.9. The van der Waals surface area contributed by atoms with Crippen LogP contribution in [0.3, 0.4) is 0 Å². The highest BCUT2D eigenvalue weighted by Gasteiger charge is 2.22. The maximum atomic E-state index is 10.9. The molecule has 2 aromatic heterocycles. The predicted octanol–water partition coefficient (Wildman–Crippen LogP) is 2.22. The highest BCUT2D eigenvalue weighted by atomic mass is 16.6. The van der Waals surface area contributed by atoms with Crippen LogP contribution in [0.5, 0.6) is 0 Å². The summed E-state index contributed by atoms with van der Waals surface area (Å²) in [4.78, 5) is 16.9. The van der Waals surface area contributed by atoms with Gasteiger partial charge in [-0.25, -0.2) is 4.98 Å². The summed E-state index contributed by atoms with van der Waals surface area (Å²) in [6, 6.07) is 1.79. The smallest absolute Gasteiger partial charge is 0.290 e. The summed E-state index contributed by atoms with van der Waals surface area (Å²) in [5, 5.41) is 18.0. The van der Waals surface area contributed by atoms with Crippen LogP contribution in [0.2, 0.25) is 0 Å². The van der Waals surface area contributed by atoms with E-state index < -0.39 is 4.92 Å². The molecule has 1 unspecified atom stereocenters. The Bertz CT molecular complexity index is 682. The minimum atomic E-state index is -0.397. The first-order chi connectivity index (χ1) is 10.0. The lowest BCUT2D eigenvalue weighted by Crippen LogP contribution is -2.27. The van der Waals surface area contributed by atoms with Crippen molar-refractivity contribution in [3.8, 4) is 0 Å². The SMILES string of the molecule is Cc1cc(N2Cc3cn[nH]c3CC(C)C2)ncc1[N+](=O)[O-]. The highest BCUT2D eigenvalue weighted by Crippen LogP contribution is 2.26. The van der Waals surface area contributed by atoms with Crippen LogP contribution < -0.4 is 4.90 Å². The van der Waals surface area contributed by atoms with Gasteiger partial charge in [0.25, 0.3) is 5.69 Å². The Labute approximate surface area is 122 Å². The normalized spacial score (nSPS) is 18.2. The first-order valence-corrected chi connectivity index (χ1v) is 6.91. The Hall–Kier alpha value is -2.44. The van der Waals surface area contributed by atoms with Crippen LogP contribution in [-0.2, 0) is 13.0 Å². The van der Waals surface area contributed by atoms with Gasteiger partial charge in [-0.2, -0.15) is 5.10 Å². The molecule has 1 atom stereocenters. The molecule has 1 N–H and O–H groups in total. The third kappa shape index (κ3) is 2.58. The lowest BCUT2D eigenvalue weighted by molar-refractivity contribution is -0.385. The van der Waals surface area contributed by atoms with Crippen LogP contribution >= 0.6 is 0 Å². The number of nitro groups is 1. The van der Waals surface area contributed by atoms with Gasteiger partial charge in [0, 0.05) is 29.9 Å². The molecule has 1 aliphatic heterocycles. The van der Waals surface area contributed by atoms with Gasteiger partial charge in [-0.1, -0.05) is 6.92 Å². The average Bonchev–Trinajstić information content (AvgIpc) is 2.78. The van der Waals surface area contributed by atoms with Crippen molar-refractivity contribution < 1.29 is 4.92 Å². The van der Waals surface area contributed by atoms with Crippen molar-refractivity contribution in [2.45, 2.75) is 26.8 Å². The summed E-state index contributed by atoms with van der Waals surface area (Å²) in [6.45, 7) is 5.52. The fourth-order valence-electron chi connectivity index (χ4n) is 2.78. The number of H-pyrrole nitrogens is 1. The molecule has 0 spiro atoms. The summed E-state index contributed by atoms with van der Waals surface area (Å²) >= 11 is 0. The summed E-state index contributed by atoms with van der Waals surface area (Å²) in [7, 11) is 0. The van der Waals surface area contributed by atoms with Crippen molar-refractivity contribution in [1.82, 2.24) is 15.2 Å². The molecule has 0 saturated carbocycles. The monoisotopic (exact) mass is 287 g/mol. The van der Waals surface area contributed by atoms with E-state index in [9.17, 15) is 10.1 Å². The average molecular weight is 287 g/mol. The number of nitrogens with zero attached hydrogens (tertiary/aromatic N) is 4. The van der Waals surface area contributed by atoms with E-state index in [1.807, 2.05) is 6.20 Å². The zero-order chi connectivity index (χ0) is 15.0. The molecule has 0 bridgehead atoms. The van der Waals surface area contributed by atoms with Gasteiger partial charge < -0.3 is 4.90 Å². The van der Waals surface area contributed by atoms with Crippen LogP contribution in [0.4, 0.5) is 11.5 Å². The molecule has 3 rings (SSSR count). The van der Waals surface area contributed by atoms with Crippen molar-refractivity contribution >= 4 is 11.5 Å². The Morgan fingerprint density at radius 1 is 1.48 bits per heavy atom. The summed E-state index contributed by atoms with van der Waals surface area (Å²) in [5.41, 5.74) is 3.03. The Kier molecular flexibility index (Phi) is 3.32. The Balaban J connectivity index is 1.93. The van der Waals surface area contributed by atoms with Crippen LogP contribution in [0, 0.1) is 23.0 Å². The molecule has 7 heteroatoms. The number of aromatic nitrogens is 3. The van der Waals surface area contributed by atoms with Gasteiger partial charge in [-0.05, 0) is 25.3 Å². The molecule has 110 valence electrons. The second kappa shape index (κ2) is 5.16. The molecule has 1 aliphatic rings. The molecule has 0 fully saturated rings. The summed E-state index contributed by atoms with van der Waals surface area (Å²) < 4.78 is 0. The zero-order valence-corrected chi connectivity index (χ0v) is 12.0. The molecule has 21 heavy (non-hydrogen) atoms. The highest BCUT2D eigenvalue weighted by molar-refractivity contribution is 5.49. The topological polar surface area (TPSA) is 88.0 Å². The molecule has 7 nitrogen and oxygen atoms in total. The van der Waals surface area contributed by atoms with E-state index in [4.69, 9.17) is 0 Å². The van der Waals surface area contributed by atoms with Crippen molar-refractivity contribution in [3.63, 3.8) is 0 Å². The number of anilines is 1. The van der Waals surface area contributed by atoms with Crippen LogP contribution in [0.1, 0.15) is 23.7 Å². The van der Waals surface area contributed by atoms with Gasteiger partial charge in [0.15, 0.2) is 0 Å². The molecule has 2 aromatic rings. The van der Waals surface area contributed by atoms with Crippen LogP contribution in [0.15, 0.2) is 18.5 Å². The summed E-state index contributed by atoms with van der Waals surface area (Å²) in [6.07, 6.45) is 4.15. The minimum absolute atomic E-state index is 0.0608. The van der Waals surface area contributed by atoms with E-state index in [-0.39, 0.29) is 5.69 Å². The van der Waals surface area contributed by atoms with Crippen molar-refractivity contribution in [2.24, 2.45) is 5.92 Å². The maximum Gasteiger partial charge on any atom is 0.290 e. The largest absolute Gasteiger partial charge is 0.352 e. The van der Waals surface area contributed by atoms with E-state index in [1.165, 1.54) is 11.9 Å². The lowest BCUT2D eigenvalue weighted by Gasteiger charge is -2.24. The predicted molar refractivity (Wildman–Crippen MR) is 78.1 cm³/mol. The molecule has 3 heterocycles. The van der Waals surface area contributed by atoms with E-state index in [0.717, 1.165) is 30.9 Å². The fraction of sp³-hybridized carbons (Fsp3) is 0.429. The number of nitrogens with one attached hydrogen (secondary N) is 1. The van der Waals surface area contributed by atoms with Gasteiger partial charge in [-0.3, -0.25) is 15.2 Å². The Morgan fingerprint density at radius 3 is 3.00 bits per heavy atom. The molecule has 0 radical (unpaired) electrons. The third-order valence-electron chi connectivity index (χ3n) is 3.84. The minimum Gasteiger partial charge on any atom is -0.352 e. The standard InChI is InChI=1S/C14H17N5O2/c1-9-3-12-11(5-16-17-12)8-18(7-9)14-4-10(2)13(6-15-14)19(20)21/h4-6,9H,3,7-8H2,1-2H3,(H,16,17). The number of hydrogen-bond donors (Lipinski definition) is 1. The van der Waals surface area contributed by atoms with Crippen molar-refractivity contribution in [1.29, 1.82) is 0 Å². The number of aryl methyl sites for hydroxylation is 1. The van der Waals surface area contributed by atoms with Crippen LogP contribution in [0.25, 0.3) is 0 Å². The van der Waals surface area contributed by atoms with Crippen LogP contribution in [-0.4, -0.2) is 26.6 Å². The molecular weight excluding hydrogens is 270 g/mol. The molecule has 0 aliphatic carbocycles. The lowest BCUT2D eigenvalue weighted by atomic mass is 10.1. The molecule has 0 amide bonds. The fourth-order valence-corrected chi connectivity index (χ4v) is 2.78. The van der Waals surface area contributed by atoms with Crippen molar-refractivity contribution in [3.05, 3.63) is 45.4 Å². The quantitative estimate of drug-likeness (QED) is 0.676. The number of rotatable bonds is 2. The first kappa shape index (κ1) is 13.5.